The number of amides is 1. The molecule has 2 aliphatic rings. The van der Waals surface area contributed by atoms with Crippen LogP contribution in [0.1, 0.15) is 54.4 Å². The summed E-state index contributed by atoms with van der Waals surface area (Å²) in [5.41, 5.74) is 4.58. The standard InChI is InChI=1S/C31H35N3O2/c1-23(35)31(26-10-3-2-4-11-26)15-18-34(19-16-31)22-30(36)33-29-14-13-25-9-5-6-12-27(25)28(29)20-24-8-7-17-32-21-24/h2-12,17,21,28-29H,13-16,18-20,22H2,1H3,(H,33,36). The number of carbonyl (C=O) groups is 2. The zero-order chi connectivity index (χ0) is 25.0. The molecule has 5 heteroatoms. The normalized spacial score (nSPS) is 21.4. The Bertz CT molecular complexity index is 1190. The molecule has 1 amide bonds. The number of nitrogens with one attached hydrogen (secondary N) is 1. The van der Waals surface area contributed by atoms with Crippen LogP contribution in [0.2, 0.25) is 0 Å². The molecule has 5 nitrogen and oxygen atoms in total. The van der Waals surface area contributed by atoms with Crippen LogP contribution in [0.5, 0.6) is 0 Å². The topological polar surface area (TPSA) is 62.3 Å². The van der Waals surface area contributed by atoms with Crippen LogP contribution in [0.15, 0.2) is 79.1 Å². The van der Waals surface area contributed by atoms with E-state index in [1.54, 1.807) is 13.1 Å². The molecule has 2 atom stereocenters. The molecule has 0 bridgehead atoms. The number of hydrogen-bond acceptors (Lipinski definition) is 4. The van der Waals surface area contributed by atoms with Gasteiger partial charge in [0.25, 0.3) is 0 Å². The molecular formula is C31H35N3O2. The monoisotopic (exact) mass is 481 g/mol. The molecule has 186 valence electrons. The highest BCUT2D eigenvalue weighted by Gasteiger charge is 2.40. The number of carbonyl (C=O) groups excluding carboxylic acids is 2. The molecule has 2 unspecified atom stereocenters. The zero-order valence-electron chi connectivity index (χ0n) is 21.0. The molecule has 1 N–H and O–H groups in total. The summed E-state index contributed by atoms with van der Waals surface area (Å²) < 4.78 is 0. The molecule has 5 rings (SSSR count). The molecular weight excluding hydrogens is 446 g/mol. The molecule has 1 aromatic heterocycles. The van der Waals surface area contributed by atoms with Crippen LogP contribution < -0.4 is 5.32 Å². The minimum atomic E-state index is -0.434. The Balaban J connectivity index is 1.24. The third-order valence-corrected chi connectivity index (χ3v) is 8.27. The lowest BCUT2D eigenvalue weighted by atomic mass is 9.70. The fraction of sp³-hybridized carbons (Fsp3) is 0.387. The highest BCUT2D eigenvalue weighted by atomic mass is 16.2. The van der Waals surface area contributed by atoms with Crippen LogP contribution in [-0.4, -0.2) is 47.3 Å². The first-order valence-electron chi connectivity index (χ1n) is 13.1. The zero-order valence-corrected chi connectivity index (χ0v) is 21.0. The molecule has 2 heterocycles. The van der Waals surface area contributed by atoms with Crippen molar-refractivity contribution >= 4 is 11.7 Å². The van der Waals surface area contributed by atoms with Crippen molar-refractivity contribution < 1.29 is 9.59 Å². The van der Waals surface area contributed by atoms with Gasteiger partial charge in [-0.15, -0.1) is 0 Å². The second kappa shape index (κ2) is 10.8. The van der Waals surface area contributed by atoms with Gasteiger partial charge >= 0.3 is 0 Å². The van der Waals surface area contributed by atoms with Crippen LogP contribution >= 0.6 is 0 Å². The summed E-state index contributed by atoms with van der Waals surface area (Å²) in [5, 5.41) is 3.38. The summed E-state index contributed by atoms with van der Waals surface area (Å²) in [6.07, 6.45) is 8.01. The Morgan fingerprint density at radius 1 is 1.00 bits per heavy atom. The van der Waals surface area contributed by atoms with Crippen molar-refractivity contribution in [2.45, 2.75) is 56.4 Å². The molecule has 1 aliphatic carbocycles. The first kappa shape index (κ1) is 24.4. The maximum Gasteiger partial charge on any atom is 0.234 e. The first-order chi connectivity index (χ1) is 17.5. The van der Waals surface area contributed by atoms with E-state index in [-0.39, 0.29) is 23.7 Å². The molecule has 0 saturated carbocycles. The van der Waals surface area contributed by atoms with Gasteiger partial charge in [-0.1, -0.05) is 60.7 Å². The van der Waals surface area contributed by atoms with Crippen molar-refractivity contribution in [3.8, 4) is 0 Å². The van der Waals surface area contributed by atoms with Gasteiger partial charge in [0.15, 0.2) is 0 Å². The summed E-state index contributed by atoms with van der Waals surface area (Å²) in [5.74, 6) is 0.524. The summed E-state index contributed by atoms with van der Waals surface area (Å²) >= 11 is 0. The van der Waals surface area contributed by atoms with E-state index < -0.39 is 5.41 Å². The fourth-order valence-corrected chi connectivity index (χ4v) is 6.20. The SMILES string of the molecule is CC(=O)C1(c2ccccc2)CCN(CC(=O)NC2CCc3ccccc3C2Cc2cccnc2)CC1. The lowest BCUT2D eigenvalue weighted by molar-refractivity contribution is -0.125. The van der Waals surface area contributed by atoms with E-state index in [0.717, 1.165) is 50.8 Å². The molecule has 1 saturated heterocycles. The van der Waals surface area contributed by atoms with Crippen LogP contribution in [0.25, 0.3) is 0 Å². The maximum atomic E-state index is 13.2. The highest BCUT2D eigenvalue weighted by molar-refractivity contribution is 5.88. The van der Waals surface area contributed by atoms with E-state index in [1.807, 2.05) is 30.5 Å². The van der Waals surface area contributed by atoms with Crippen LogP contribution in [-0.2, 0) is 27.8 Å². The Morgan fingerprint density at radius 2 is 1.75 bits per heavy atom. The number of ketones is 1. The van der Waals surface area contributed by atoms with Gasteiger partial charge in [-0.2, -0.15) is 0 Å². The second-order valence-corrected chi connectivity index (χ2v) is 10.4. The van der Waals surface area contributed by atoms with Crippen LogP contribution in [0.4, 0.5) is 0 Å². The molecule has 2 aromatic carbocycles. The molecule has 0 spiro atoms. The minimum absolute atomic E-state index is 0.0746. The van der Waals surface area contributed by atoms with E-state index in [9.17, 15) is 9.59 Å². The Kier molecular flexibility index (Phi) is 7.28. The van der Waals surface area contributed by atoms with E-state index in [1.165, 1.54) is 16.7 Å². The average Bonchev–Trinajstić information content (AvgIpc) is 2.91. The number of fused-ring (bicyclic) bond motifs is 1. The quantitative estimate of drug-likeness (QED) is 0.541. The summed E-state index contributed by atoms with van der Waals surface area (Å²) in [4.78, 5) is 32.4. The number of nitrogens with zero attached hydrogens (tertiary/aromatic N) is 2. The number of rotatable bonds is 7. The number of piperidine rings is 1. The molecule has 0 radical (unpaired) electrons. The van der Waals surface area contributed by atoms with Crippen molar-refractivity contribution in [3.63, 3.8) is 0 Å². The predicted molar refractivity (Wildman–Crippen MR) is 142 cm³/mol. The number of aryl methyl sites for hydroxylation is 1. The molecule has 3 aromatic rings. The number of aromatic nitrogens is 1. The van der Waals surface area contributed by atoms with E-state index in [2.05, 4.69) is 57.7 Å². The van der Waals surface area contributed by atoms with Gasteiger partial charge in [0.2, 0.25) is 5.91 Å². The number of pyridine rings is 1. The van der Waals surface area contributed by atoms with Crippen molar-refractivity contribution in [1.29, 1.82) is 0 Å². The number of Topliss-reactive ketones (excluding diaryl/α,β-unsaturated/α-hetero) is 1. The summed E-state index contributed by atoms with van der Waals surface area (Å²) in [6.45, 7) is 3.57. The lowest BCUT2D eigenvalue weighted by Crippen LogP contribution is -2.51. The minimum Gasteiger partial charge on any atom is -0.352 e. The van der Waals surface area contributed by atoms with Crippen LogP contribution in [0, 0.1) is 0 Å². The van der Waals surface area contributed by atoms with E-state index >= 15 is 0 Å². The molecule has 36 heavy (non-hydrogen) atoms. The smallest absolute Gasteiger partial charge is 0.234 e. The molecule has 1 fully saturated rings. The maximum absolute atomic E-state index is 13.2. The van der Waals surface area contributed by atoms with Gasteiger partial charge < -0.3 is 5.32 Å². The third-order valence-electron chi connectivity index (χ3n) is 8.27. The Labute approximate surface area is 213 Å². The van der Waals surface area contributed by atoms with Gasteiger partial charge in [-0.3, -0.25) is 19.5 Å². The summed E-state index contributed by atoms with van der Waals surface area (Å²) in [7, 11) is 0. The van der Waals surface area contributed by atoms with Gasteiger partial charge in [-0.05, 0) is 80.4 Å². The third kappa shape index (κ3) is 5.12. The van der Waals surface area contributed by atoms with E-state index in [0.29, 0.717) is 6.54 Å². The van der Waals surface area contributed by atoms with E-state index in [4.69, 9.17) is 0 Å². The highest BCUT2D eigenvalue weighted by Crippen LogP contribution is 2.37. The fourth-order valence-electron chi connectivity index (χ4n) is 6.20. The Hall–Kier alpha value is -3.31. The largest absolute Gasteiger partial charge is 0.352 e. The second-order valence-electron chi connectivity index (χ2n) is 10.4. The van der Waals surface area contributed by atoms with Crippen molar-refractivity contribution in [2.24, 2.45) is 0 Å². The van der Waals surface area contributed by atoms with Crippen molar-refractivity contribution in [1.82, 2.24) is 15.2 Å². The van der Waals surface area contributed by atoms with Gasteiger partial charge in [-0.25, -0.2) is 0 Å². The van der Waals surface area contributed by atoms with Gasteiger partial charge in [0.1, 0.15) is 5.78 Å². The number of likely N-dealkylation sites (tertiary alicyclic amines) is 1. The van der Waals surface area contributed by atoms with Gasteiger partial charge in [0.05, 0.1) is 12.0 Å². The predicted octanol–water partition coefficient (Wildman–Crippen LogP) is 4.46. The average molecular weight is 482 g/mol. The number of benzene rings is 2. The van der Waals surface area contributed by atoms with Crippen molar-refractivity contribution in [3.05, 3.63) is 101 Å². The first-order valence-corrected chi connectivity index (χ1v) is 13.1. The summed E-state index contributed by atoms with van der Waals surface area (Å²) in [6, 6.07) is 22.9. The van der Waals surface area contributed by atoms with Gasteiger partial charge in [0, 0.05) is 24.4 Å². The number of hydrogen-bond donors (Lipinski definition) is 1. The van der Waals surface area contributed by atoms with Crippen molar-refractivity contribution in [2.75, 3.05) is 19.6 Å². The van der Waals surface area contributed by atoms with Crippen LogP contribution in [0.3, 0.4) is 0 Å². The Morgan fingerprint density at radius 3 is 2.47 bits per heavy atom. The molecule has 1 aliphatic heterocycles. The lowest BCUT2D eigenvalue weighted by Gasteiger charge is -2.41.